The molecule has 1 aromatic rings. The van der Waals surface area contributed by atoms with Crippen LogP contribution in [0.15, 0.2) is 6.20 Å². The molecule has 2 rings (SSSR count). The molecule has 1 unspecified atom stereocenters. The van der Waals surface area contributed by atoms with Gasteiger partial charge in [-0.15, -0.1) is 11.3 Å². The summed E-state index contributed by atoms with van der Waals surface area (Å²) < 4.78 is 0. The van der Waals surface area contributed by atoms with E-state index < -0.39 is 0 Å². The molecule has 0 amide bonds. The number of nitrogens with zero attached hydrogens (tertiary/aromatic N) is 3. The number of rotatable bonds is 6. The van der Waals surface area contributed by atoms with E-state index in [1.807, 2.05) is 17.5 Å². The molecule has 1 aliphatic heterocycles. The first-order chi connectivity index (χ1) is 9.60. The molecule has 0 bridgehead atoms. The summed E-state index contributed by atoms with van der Waals surface area (Å²) in [6.45, 7) is 15.5. The maximum absolute atomic E-state index is 4.61. The second-order valence-corrected chi connectivity index (χ2v) is 7.15. The highest BCUT2D eigenvalue weighted by molar-refractivity contribution is 7.15. The molecule has 0 aliphatic carbocycles. The molecule has 0 spiro atoms. The number of likely N-dealkylation sites (N-methyl/N-ethyl adjacent to an activating group) is 1. The summed E-state index contributed by atoms with van der Waals surface area (Å²) in [5.41, 5.74) is 0. The van der Waals surface area contributed by atoms with Crippen LogP contribution >= 0.6 is 11.3 Å². The van der Waals surface area contributed by atoms with Crippen molar-refractivity contribution < 1.29 is 0 Å². The summed E-state index contributed by atoms with van der Waals surface area (Å²) in [5, 5.41) is 4.67. The zero-order valence-corrected chi connectivity index (χ0v) is 14.0. The summed E-state index contributed by atoms with van der Waals surface area (Å²) >= 11 is 1.84. The second kappa shape index (κ2) is 7.38. The van der Waals surface area contributed by atoms with Gasteiger partial charge in [-0.1, -0.05) is 20.8 Å². The zero-order valence-electron chi connectivity index (χ0n) is 13.2. The average Bonchev–Trinajstić information content (AvgIpc) is 2.87. The van der Waals surface area contributed by atoms with Crippen LogP contribution in [0, 0.1) is 5.92 Å². The fraction of sp³-hybridized carbons (Fsp3) is 0.800. The minimum Gasteiger partial charge on any atom is -0.345 e. The van der Waals surface area contributed by atoms with Crippen LogP contribution in [0.25, 0.3) is 0 Å². The minimum atomic E-state index is 0.625. The molecule has 1 atom stereocenters. The SMILES string of the molecule is CCN1CCN(c2ncc(CNCC(C)C)s2)CC1C. The van der Waals surface area contributed by atoms with Crippen molar-refractivity contribution in [2.45, 2.75) is 40.3 Å². The first kappa shape index (κ1) is 15.7. The third-order valence-electron chi connectivity index (χ3n) is 3.83. The number of hydrogen-bond donors (Lipinski definition) is 1. The van der Waals surface area contributed by atoms with Crippen molar-refractivity contribution in [1.29, 1.82) is 0 Å². The van der Waals surface area contributed by atoms with Crippen molar-refractivity contribution in [3.63, 3.8) is 0 Å². The first-order valence-electron chi connectivity index (χ1n) is 7.74. The number of thiazole rings is 1. The van der Waals surface area contributed by atoms with Crippen LogP contribution in [0.2, 0.25) is 0 Å². The number of nitrogens with one attached hydrogen (secondary N) is 1. The molecule has 0 radical (unpaired) electrons. The summed E-state index contributed by atoms with van der Waals surface area (Å²) in [5.74, 6) is 0.699. The van der Waals surface area contributed by atoms with E-state index in [4.69, 9.17) is 0 Å². The van der Waals surface area contributed by atoms with Crippen molar-refractivity contribution in [3.8, 4) is 0 Å². The van der Waals surface area contributed by atoms with Gasteiger partial charge < -0.3 is 10.2 Å². The van der Waals surface area contributed by atoms with Gasteiger partial charge in [0.2, 0.25) is 0 Å². The molecular weight excluding hydrogens is 268 g/mol. The highest BCUT2D eigenvalue weighted by Crippen LogP contribution is 2.24. The van der Waals surface area contributed by atoms with Gasteiger partial charge in [0.05, 0.1) is 0 Å². The predicted molar refractivity (Wildman–Crippen MR) is 87.6 cm³/mol. The van der Waals surface area contributed by atoms with E-state index in [2.05, 4.69) is 47.8 Å². The molecule has 1 fully saturated rings. The highest BCUT2D eigenvalue weighted by atomic mass is 32.1. The van der Waals surface area contributed by atoms with E-state index in [9.17, 15) is 0 Å². The van der Waals surface area contributed by atoms with E-state index in [1.165, 1.54) is 10.0 Å². The predicted octanol–water partition coefficient (Wildman–Crippen LogP) is 2.42. The van der Waals surface area contributed by atoms with Crippen LogP contribution in [-0.4, -0.2) is 48.6 Å². The molecule has 114 valence electrons. The van der Waals surface area contributed by atoms with Crippen LogP contribution < -0.4 is 10.2 Å². The van der Waals surface area contributed by atoms with Gasteiger partial charge in [-0.3, -0.25) is 4.90 Å². The standard InChI is InChI=1S/C15H28N4S/c1-5-18-6-7-19(11-13(18)4)15-17-10-14(20-15)9-16-8-12(2)3/h10,12-13,16H,5-9,11H2,1-4H3. The van der Waals surface area contributed by atoms with Gasteiger partial charge in [0.1, 0.15) is 0 Å². The summed E-state index contributed by atoms with van der Waals surface area (Å²) in [4.78, 5) is 10.9. The highest BCUT2D eigenvalue weighted by Gasteiger charge is 2.24. The minimum absolute atomic E-state index is 0.625. The first-order valence-corrected chi connectivity index (χ1v) is 8.56. The average molecular weight is 296 g/mol. The smallest absolute Gasteiger partial charge is 0.185 e. The lowest BCUT2D eigenvalue weighted by Gasteiger charge is -2.39. The quantitative estimate of drug-likeness (QED) is 0.873. The Morgan fingerprint density at radius 1 is 1.45 bits per heavy atom. The monoisotopic (exact) mass is 296 g/mol. The number of hydrogen-bond acceptors (Lipinski definition) is 5. The zero-order chi connectivity index (χ0) is 14.5. The molecule has 1 N–H and O–H groups in total. The Balaban J connectivity index is 1.86. The Kier molecular flexibility index (Phi) is 5.81. The van der Waals surface area contributed by atoms with Crippen molar-refractivity contribution in [3.05, 3.63) is 11.1 Å². The second-order valence-electron chi connectivity index (χ2n) is 6.06. The van der Waals surface area contributed by atoms with Crippen molar-refractivity contribution in [2.24, 2.45) is 5.92 Å². The summed E-state index contributed by atoms with van der Waals surface area (Å²) in [6, 6.07) is 0.625. The molecule has 1 aromatic heterocycles. The molecule has 0 aromatic carbocycles. The van der Waals surface area contributed by atoms with E-state index in [-0.39, 0.29) is 0 Å². The molecule has 1 aliphatic rings. The van der Waals surface area contributed by atoms with Crippen LogP contribution in [0.4, 0.5) is 5.13 Å². The third kappa shape index (κ3) is 4.17. The fourth-order valence-electron chi connectivity index (χ4n) is 2.65. The van der Waals surface area contributed by atoms with Gasteiger partial charge in [-0.05, 0) is 25.9 Å². The lowest BCUT2D eigenvalue weighted by Crippen LogP contribution is -2.51. The van der Waals surface area contributed by atoms with Gasteiger partial charge in [0, 0.05) is 43.3 Å². The number of aromatic nitrogens is 1. The third-order valence-corrected chi connectivity index (χ3v) is 4.89. The van der Waals surface area contributed by atoms with E-state index in [0.717, 1.165) is 39.3 Å². The topological polar surface area (TPSA) is 31.4 Å². The fourth-order valence-corrected chi connectivity index (χ4v) is 3.56. The largest absolute Gasteiger partial charge is 0.345 e. The van der Waals surface area contributed by atoms with Crippen molar-refractivity contribution >= 4 is 16.5 Å². The Morgan fingerprint density at radius 3 is 2.90 bits per heavy atom. The van der Waals surface area contributed by atoms with Crippen LogP contribution in [0.3, 0.4) is 0 Å². The lowest BCUT2D eigenvalue weighted by molar-refractivity contribution is 0.199. The Morgan fingerprint density at radius 2 is 2.25 bits per heavy atom. The van der Waals surface area contributed by atoms with Crippen molar-refractivity contribution in [1.82, 2.24) is 15.2 Å². The molecule has 1 saturated heterocycles. The lowest BCUT2D eigenvalue weighted by atomic mass is 10.2. The molecule has 2 heterocycles. The number of piperazine rings is 1. The number of anilines is 1. The van der Waals surface area contributed by atoms with E-state index >= 15 is 0 Å². The van der Waals surface area contributed by atoms with Crippen molar-refractivity contribution in [2.75, 3.05) is 37.6 Å². The molecule has 20 heavy (non-hydrogen) atoms. The van der Waals surface area contributed by atoms with Gasteiger partial charge in [0.15, 0.2) is 5.13 Å². The summed E-state index contributed by atoms with van der Waals surface area (Å²) in [7, 11) is 0. The van der Waals surface area contributed by atoms with E-state index in [0.29, 0.717) is 12.0 Å². The Hall–Kier alpha value is -0.650. The Labute approximate surface area is 127 Å². The Bertz CT molecular complexity index is 404. The van der Waals surface area contributed by atoms with Gasteiger partial charge >= 0.3 is 0 Å². The van der Waals surface area contributed by atoms with Crippen LogP contribution in [0.1, 0.15) is 32.6 Å². The molecule has 5 heteroatoms. The van der Waals surface area contributed by atoms with Gasteiger partial charge in [-0.2, -0.15) is 0 Å². The van der Waals surface area contributed by atoms with Gasteiger partial charge in [-0.25, -0.2) is 4.98 Å². The molecule has 0 saturated carbocycles. The maximum Gasteiger partial charge on any atom is 0.185 e. The summed E-state index contributed by atoms with van der Waals surface area (Å²) in [6.07, 6.45) is 2.03. The maximum atomic E-state index is 4.61. The molecular formula is C15H28N4S. The van der Waals surface area contributed by atoms with E-state index in [1.54, 1.807) is 0 Å². The van der Waals surface area contributed by atoms with Gasteiger partial charge in [0.25, 0.3) is 0 Å². The molecule has 4 nitrogen and oxygen atoms in total. The van der Waals surface area contributed by atoms with Crippen LogP contribution in [0.5, 0.6) is 0 Å². The normalized spacial score (nSPS) is 20.9. The van der Waals surface area contributed by atoms with Crippen LogP contribution in [-0.2, 0) is 6.54 Å².